The Balaban J connectivity index is 1.72. The van der Waals surface area contributed by atoms with Gasteiger partial charge < -0.3 is 10.0 Å². The van der Waals surface area contributed by atoms with Crippen LogP contribution in [0.1, 0.15) is 19.3 Å². The maximum atomic E-state index is 9.78. The third kappa shape index (κ3) is 3.79. The van der Waals surface area contributed by atoms with Gasteiger partial charge in [-0.25, -0.2) is 0 Å². The van der Waals surface area contributed by atoms with E-state index in [0.29, 0.717) is 5.92 Å². The van der Waals surface area contributed by atoms with E-state index in [1.807, 2.05) is 10.9 Å². The van der Waals surface area contributed by atoms with E-state index in [0.717, 1.165) is 30.5 Å². The van der Waals surface area contributed by atoms with E-state index in [4.69, 9.17) is 0 Å². The lowest BCUT2D eigenvalue weighted by Crippen LogP contribution is -2.32. The zero-order valence-electron chi connectivity index (χ0n) is 10.2. The van der Waals surface area contributed by atoms with Gasteiger partial charge in [-0.15, -0.1) is 0 Å². The second kappa shape index (κ2) is 5.98. The fraction of sp³-hybridized carbons (Fsp3) is 0.750. The van der Waals surface area contributed by atoms with Crippen LogP contribution in [-0.4, -0.2) is 46.0 Å². The first-order chi connectivity index (χ1) is 8.15. The minimum absolute atomic E-state index is 0.0868. The van der Waals surface area contributed by atoms with Crippen LogP contribution in [0.2, 0.25) is 0 Å². The molecule has 0 aliphatic heterocycles. The van der Waals surface area contributed by atoms with Crippen LogP contribution in [-0.2, 0) is 6.54 Å². The van der Waals surface area contributed by atoms with E-state index in [2.05, 4.69) is 33.0 Å². The monoisotopic (exact) mass is 301 g/mol. The molecule has 0 radical (unpaired) electrons. The van der Waals surface area contributed by atoms with Crippen molar-refractivity contribution in [2.24, 2.45) is 5.92 Å². The molecule has 96 valence electrons. The third-order valence-corrected chi connectivity index (χ3v) is 3.89. The molecule has 1 N–H and O–H groups in total. The van der Waals surface area contributed by atoms with Crippen molar-refractivity contribution < 1.29 is 5.11 Å². The zero-order chi connectivity index (χ0) is 12.3. The minimum Gasteiger partial charge on any atom is -0.393 e. The lowest BCUT2D eigenvalue weighted by atomic mass is 10.1. The summed E-state index contributed by atoms with van der Waals surface area (Å²) in [6.07, 6.45) is 7.02. The van der Waals surface area contributed by atoms with Crippen molar-refractivity contribution in [3.8, 4) is 0 Å². The van der Waals surface area contributed by atoms with Crippen LogP contribution in [0.5, 0.6) is 0 Å². The smallest absolute Gasteiger partial charge is 0.0632 e. The molecule has 0 aromatic carbocycles. The summed E-state index contributed by atoms with van der Waals surface area (Å²) >= 11 is 3.39. The second-order valence-corrected chi connectivity index (χ2v) is 5.86. The van der Waals surface area contributed by atoms with Gasteiger partial charge in [0, 0.05) is 19.3 Å². The van der Waals surface area contributed by atoms with E-state index >= 15 is 0 Å². The van der Waals surface area contributed by atoms with Crippen molar-refractivity contribution >= 4 is 15.9 Å². The normalized spacial score (nSPS) is 24.7. The second-order valence-electron chi connectivity index (χ2n) is 4.94. The van der Waals surface area contributed by atoms with Crippen molar-refractivity contribution in [3.63, 3.8) is 0 Å². The van der Waals surface area contributed by atoms with E-state index in [1.165, 1.54) is 12.8 Å². The van der Waals surface area contributed by atoms with Gasteiger partial charge in [0.2, 0.25) is 0 Å². The molecule has 0 amide bonds. The van der Waals surface area contributed by atoms with Gasteiger partial charge in [0.25, 0.3) is 0 Å². The predicted octanol–water partition coefficient (Wildman–Crippen LogP) is 1.74. The Morgan fingerprint density at radius 2 is 2.41 bits per heavy atom. The van der Waals surface area contributed by atoms with Crippen molar-refractivity contribution in [1.82, 2.24) is 14.7 Å². The van der Waals surface area contributed by atoms with Gasteiger partial charge in [0.1, 0.15) is 0 Å². The van der Waals surface area contributed by atoms with Crippen molar-refractivity contribution in [3.05, 3.63) is 16.9 Å². The van der Waals surface area contributed by atoms with E-state index < -0.39 is 0 Å². The van der Waals surface area contributed by atoms with Crippen LogP contribution >= 0.6 is 15.9 Å². The van der Waals surface area contributed by atoms with Gasteiger partial charge in [0.05, 0.1) is 23.3 Å². The highest BCUT2D eigenvalue weighted by molar-refractivity contribution is 9.10. The Morgan fingerprint density at radius 3 is 3.00 bits per heavy atom. The van der Waals surface area contributed by atoms with Crippen molar-refractivity contribution in [1.29, 1.82) is 0 Å². The van der Waals surface area contributed by atoms with Crippen LogP contribution in [0.3, 0.4) is 0 Å². The summed E-state index contributed by atoms with van der Waals surface area (Å²) in [5, 5.41) is 14.0. The standard InChI is InChI=1S/C12H20BrN3O/c1-15(8-10-3-2-4-12(10)17)5-6-16-9-11(13)7-14-16/h7,9-10,12,17H,2-6,8H2,1H3. The quantitative estimate of drug-likeness (QED) is 0.901. The average Bonchev–Trinajstić information content (AvgIpc) is 2.86. The summed E-state index contributed by atoms with van der Waals surface area (Å²) in [5.41, 5.74) is 0. The molecular weight excluding hydrogens is 282 g/mol. The maximum Gasteiger partial charge on any atom is 0.0632 e. The fourth-order valence-corrected chi connectivity index (χ4v) is 2.78. The lowest BCUT2D eigenvalue weighted by Gasteiger charge is -2.22. The molecule has 0 saturated heterocycles. The Labute approximate surface area is 111 Å². The van der Waals surface area contributed by atoms with Gasteiger partial charge in [-0.3, -0.25) is 4.68 Å². The van der Waals surface area contributed by atoms with E-state index in [9.17, 15) is 5.11 Å². The Hall–Kier alpha value is -0.390. The summed E-state index contributed by atoms with van der Waals surface area (Å²) in [6, 6.07) is 0. The lowest BCUT2D eigenvalue weighted by molar-refractivity contribution is 0.108. The van der Waals surface area contributed by atoms with Crippen molar-refractivity contribution in [2.75, 3.05) is 20.1 Å². The predicted molar refractivity (Wildman–Crippen MR) is 70.8 cm³/mol. The number of likely N-dealkylation sites (N-methyl/N-ethyl adjacent to an activating group) is 1. The number of rotatable bonds is 5. The van der Waals surface area contributed by atoms with Gasteiger partial charge in [-0.05, 0) is 41.7 Å². The third-order valence-electron chi connectivity index (χ3n) is 3.48. The number of aromatic nitrogens is 2. The summed E-state index contributed by atoms with van der Waals surface area (Å²) in [7, 11) is 2.11. The molecule has 1 aromatic heterocycles. The molecule has 4 nitrogen and oxygen atoms in total. The zero-order valence-corrected chi connectivity index (χ0v) is 11.8. The molecule has 2 unspecified atom stereocenters. The topological polar surface area (TPSA) is 41.3 Å². The number of halogens is 1. The van der Waals surface area contributed by atoms with Crippen LogP contribution in [0.25, 0.3) is 0 Å². The SMILES string of the molecule is CN(CCn1cc(Br)cn1)CC1CCCC1O. The molecule has 2 rings (SSSR count). The first kappa shape index (κ1) is 13.1. The number of hydrogen-bond acceptors (Lipinski definition) is 3. The molecule has 2 atom stereocenters. The van der Waals surface area contributed by atoms with E-state index in [1.54, 1.807) is 6.20 Å². The number of aliphatic hydroxyl groups excluding tert-OH is 1. The summed E-state index contributed by atoms with van der Waals surface area (Å²) in [4.78, 5) is 2.29. The first-order valence-electron chi connectivity index (χ1n) is 6.19. The molecule has 0 bridgehead atoms. The first-order valence-corrected chi connectivity index (χ1v) is 6.99. The van der Waals surface area contributed by atoms with Gasteiger partial charge >= 0.3 is 0 Å². The Kier molecular flexibility index (Phi) is 4.59. The largest absolute Gasteiger partial charge is 0.393 e. The van der Waals surface area contributed by atoms with E-state index in [-0.39, 0.29) is 6.10 Å². The highest BCUT2D eigenvalue weighted by Crippen LogP contribution is 2.25. The number of aliphatic hydroxyl groups is 1. The van der Waals surface area contributed by atoms with Crippen LogP contribution in [0.15, 0.2) is 16.9 Å². The molecule has 1 aromatic rings. The molecular formula is C12H20BrN3O. The van der Waals surface area contributed by atoms with Gasteiger partial charge in [-0.1, -0.05) is 6.42 Å². The average molecular weight is 302 g/mol. The van der Waals surface area contributed by atoms with Gasteiger partial charge in [0.15, 0.2) is 0 Å². The highest BCUT2D eigenvalue weighted by Gasteiger charge is 2.25. The molecule has 1 aliphatic carbocycles. The maximum absolute atomic E-state index is 9.78. The van der Waals surface area contributed by atoms with Gasteiger partial charge in [-0.2, -0.15) is 5.10 Å². The number of nitrogens with zero attached hydrogens (tertiary/aromatic N) is 3. The molecule has 0 spiro atoms. The summed E-state index contributed by atoms with van der Waals surface area (Å²) < 4.78 is 2.96. The van der Waals surface area contributed by atoms with Crippen LogP contribution in [0, 0.1) is 5.92 Å². The van der Waals surface area contributed by atoms with Crippen molar-refractivity contribution in [2.45, 2.75) is 31.9 Å². The molecule has 1 fully saturated rings. The Morgan fingerprint density at radius 1 is 1.59 bits per heavy atom. The summed E-state index contributed by atoms with van der Waals surface area (Å²) in [6.45, 7) is 2.85. The highest BCUT2D eigenvalue weighted by atomic mass is 79.9. The molecule has 1 heterocycles. The fourth-order valence-electron chi connectivity index (χ4n) is 2.46. The molecule has 1 aliphatic rings. The minimum atomic E-state index is -0.0868. The number of hydrogen-bond donors (Lipinski definition) is 1. The molecule has 1 saturated carbocycles. The summed E-state index contributed by atoms with van der Waals surface area (Å²) in [5.74, 6) is 0.462. The van der Waals surface area contributed by atoms with Crippen LogP contribution < -0.4 is 0 Å². The van der Waals surface area contributed by atoms with Crippen LogP contribution in [0.4, 0.5) is 0 Å². The molecule has 17 heavy (non-hydrogen) atoms. The Bertz CT molecular complexity index is 355. The molecule has 5 heteroatoms.